The number of hydrogen-bond acceptors (Lipinski definition) is 4. The summed E-state index contributed by atoms with van der Waals surface area (Å²) in [5.41, 5.74) is 3.27. The third kappa shape index (κ3) is 4.27. The molecular formula is C16H20N4O. The second-order valence-corrected chi connectivity index (χ2v) is 5.42. The smallest absolute Gasteiger partial charge is 0.275 e. The molecule has 1 aromatic heterocycles. The van der Waals surface area contributed by atoms with Gasteiger partial charge in [-0.1, -0.05) is 6.07 Å². The lowest BCUT2D eigenvalue weighted by Crippen LogP contribution is -2.16. The van der Waals surface area contributed by atoms with Crippen molar-refractivity contribution in [3.8, 4) is 0 Å². The summed E-state index contributed by atoms with van der Waals surface area (Å²) >= 11 is 0. The molecule has 2 rings (SSSR count). The average Bonchev–Trinajstić information content (AvgIpc) is 2.37. The number of aryl methyl sites for hydroxylation is 2. The lowest BCUT2D eigenvalue weighted by atomic mass is 10.1. The monoisotopic (exact) mass is 284 g/mol. The van der Waals surface area contributed by atoms with Crippen molar-refractivity contribution in [2.24, 2.45) is 0 Å². The molecule has 0 unspecified atom stereocenters. The van der Waals surface area contributed by atoms with Crippen LogP contribution in [0, 0.1) is 13.8 Å². The first-order valence-electron chi connectivity index (χ1n) is 6.92. The first kappa shape index (κ1) is 15.0. The molecule has 1 aromatic carbocycles. The summed E-state index contributed by atoms with van der Waals surface area (Å²) in [6.07, 6.45) is 3.04. The van der Waals surface area contributed by atoms with Crippen LogP contribution in [0.4, 0.5) is 11.5 Å². The van der Waals surface area contributed by atoms with Gasteiger partial charge < -0.3 is 10.6 Å². The highest BCUT2D eigenvalue weighted by Gasteiger charge is 2.09. The van der Waals surface area contributed by atoms with Crippen molar-refractivity contribution in [1.29, 1.82) is 0 Å². The predicted molar refractivity (Wildman–Crippen MR) is 84.7 cm³/mol. The van der Waals surface area contributed by atoms with Crippen LogP contribution in [0.3, 0.4) is 0 Å². The Morgan fingerprint density at radius 1 is 1.05 bits per heavy atom. The van der Waals surface area contributed by atoms with Crippen LogP contribution in [-0.2, 0) is 0 Å². The molecule has 110 valence electrons. The highest BCUT2D eigenvalue weighted by molar-refractivity contribution is 6.02. The predicted octanol–water partition coefficient (Wildman–Crippen LogP) is 3.17. The lowest BCUT2D eigenvalue weighted by molar-refractivity contribution is 0.102. The van der Waals surface area contributed by atoms with Gasteiger partial charge >= 0.3 is 0 Å². The van der Waals surface area contributed by atoms with E-state index in [1.54, 1.807) is 6.20 Å². The number of anilines is 2. The van der Waals surface area contributed by atoms with Crippen LogP contribution in [0.25, 0.3) is 0 Å². The van der Waals surface area contributed by atoms with Crippen LogP contribution >= 0.6 is 0 Å². The Balaban J connectivity index is 2.09. The van der Waals surface area contributed by atoms with Crippen molar-refractivity contribution in [3.63, 3.8) is 0 Å². The normalized spacial score (nSPS) is 10.5. The molecule has 2 N–H and O–H groups in total. The molecule has 1 heterocycles. The Bertz CT molecular complexity index is 615. The maximum Gasteiger partial charge on any atom is 0.275 e. The Morgan fingerprint density at radius 2 is 1.71 bits per heavy atom. The Labute approximate surface area is 124 Å². The van der Waals surface area contributed by atoms with Crippen LogP contribution < -0.4 is 10.6 Å². The van der Waals surface area contributed by atoms with Crippen LogP contribution in [0.5, 0.6) is 0 Å². The highest BCUT2D eigenvalue weighted by Crippen LogP contribution is 2.14. The first-order chi connectivity index (χ1) is 9.94. The number of carbonyl (C=O) groups is 1. The van der Waals surface area contributed by atoms with Gasteiger partial charge in [0, 0.05) is 11.7 Å². The SMILES string of the molecule is Cc1cc(C)cc(NC(=O)c2cnc(NC(C)C)cn2)c1. The van der Waals surface area contributed by atoms with E-state index in [0.29, 0.717) is 11.5 Å². The van der Waals surface area contributed by atoms with Gasteiger partial charge in [0.15, 0.2) is 0 Å². The van der Waals surface area contributed by atoms with Gasteiger partial charge in [0.2, 0.25) is 0 Å². The maximum atomic E-state index is 12.1. The number of hydrogen-bond donors (Lipinski definition) is 2. The van der Waals surface area contributed by atoms with E-state index in [0.717, 1.165) is 16.8 Å². The molecule has 0 saturated heterocycles. The fourth-order valence-electron chi connectivity index (χ4n) is 2.06. The minimum Gasteiger partial charge on any atom is -0.367 e. The maximum absolute atomic E-state index is 12.1. The van der Waals surface area contributed by atoms with Gasteiger partial charge in [-0.3, -0.25) is 4.79 Å². The molecule has 0 atom stereocenters. The van der Waals surface area contributed by atoms with E-state index in [-0.39, 0.29) is 11.9 Å². The summed E-state index contributed by atoms with van der Waals surface area (Å²) < 4.78 is 0. The van der Waals surface area contributed by atoms with Crippen molar-refractivity contribution in [2.75, 3.05) is 10.6 Å². The molecule has 5 nitrogen and oxygen atoms in total. The van der Waals surface area contributed by atoms with E-state index in [4.69, 9.17) is 0 Å². The van der Waals surface area contributed by atoms with E-state index in [9.17, 15) is 4.79 Å². The molecule has 0 saturated carbocycles. The Morgan fingerprint density at radius 3 is 2.24 bits per heavy atom. The van der Waals surface area contributed by atoms with Gasteiger partial charge in [-0.15, -0.1) is 0 Å². The summed E-state index contributed by atoms with van der Waals surface area (Å²) in [5.74, 6) is 0.400. The molecule has 0 spiro atoms. The number of benzene rings is 1. The third-order valence-electron chi connectivity index (χ3n) is 2.80. The molecule has 0 radical (unpaired) electrons. The largest absolute Gasteiger partial charge is 0.367 e. The van der Waals surface area contributed by atoms with E-state index in [1.165, 1.54) is 6.20 Å². The Kier molecular flexibility index (Phi) is 4.52. The summed E-state index contributed by atoms with van der Waals surface area (Å²) in [6, 6.07) is 6.18. The zero-order chi connectivity index (χ0) is 15.4. The molecule has 0 fully saturated rings. The molecule has 5 heteroatoms. The van der Waals surface area contributed by atoms with Crippen molar-refractivity contribution in [1.82, 2.24) is 9.97 Å². The second-order valence-electron chi connectivity index (χ2n) is 5.42. The minimum atomic E-state index is -0.261. The number of nitrogens with one attached hydrogen (secondary N) is 2. The Hall–Kier alpha value is -2.43. The third-order valence-corrected chi connectivity index (χ3v) is 2.80. The van der Waals surface area contributed by atoms with Gasteiger partial charge in [-0.25, -0.2) is 9.97 Å². The fourth-order valence-corrected chi connectivity index (χ4v) is 2.06. The molecule has 0 bridgehead atoms. The van der Waals surface area contributed by atoms with E-state index in [2.05, 4.69) is 26.7 Å². The highest BCUT2D eigenvalue weighted by atomic mass is 16.1. The molecule has 0 aliphatic heterocycles. The van der Waals surface area contributed by atoms with Gasteiger partial charge in [0.1, 0.15) is 11.5 Å². The summed E-state index contributed by atoms with van der Waals surface area (Å²) in [7, 11) is 0. The van der Waals surface area contributed by atoms with Gasteiger partial charge in [-0.2, -0.15) is 0 Å². The van der Waals surface area contributed by atoms with E-state index in [1.807, 2.05) is 39.8 Å². The van der Waals surface area contributed by atoms with Crippen molar-refractivity contribution in [2.45, 2.75) is 33.7 Å². The number of amides is 1. The number of aromatic nitrogens is 2. The van der Waals surface area contributed by atoms with Gasteiger partial charge in [0.05, 0.1) is 12.4 Å². The topological polar surface area (TPSA) is 66.9 Å². The quantitative estimate of drug-likeness (QED) is 0.905. The average molecular weight is 284 g/mol. The fraction of sp³-hybridized carbons (Fsp3) is 0.312. The summed E-state index contributed by atoms with van der Waals surface area (Å²) in [5, 5.41) is 5.97. The molecule has 2 aromatic rings. The van der Waals surface area contributed by atoms with Crippen LogP contribution in [0.1, 0.15) is 35.5 Å². The van der Waals surface area contributed by atoms with Crippen molar-refractivity contribution in [3.05, 3.63) is 47.4 Å². The molecule has 0 aliphatic rings. The van der Waals surface area contributed by atoms with E-state index < -0.39 is 0 Å². The van der Waals surface area contributed by atoms with Gasteiger partial charge in [-0.05, 0) is 51.0 Å². The summed E-state index contributed by atoms with van der Waals surface area (Å²) in [4.78, 5) is 20.5. The van der Waals surface area contributed by atoms with Crippen LogP contribution in [-0.4, -0.2) is 21.9 Å². The van der Waals surface area contributed by atoms with Crippen LogP contribution in [0.2, 0.25) is 0 Å². The van der Waals surface area contributed by atoms with Gasteiger partial charge in [0.25, 0.3) is 5.91 Å². The molecule has 0 aliphatic carbocycles. The van der Waals surface area contributed by atoms with Crippen molar-refractivity contribution >= 4 is 17.4 Å². The van der Waals surface area contributed by atoms with Crippen molar-refractivity contribution < 1.29 is 4.79 Å². The number of carbonyl (C=O) groups excluding carboxylic acids is 1. The molecular weight excluding hydrogens is 264 g/mol. The first-order valence-corrected chi connectivity index (χ1v) is 6.92. The minimum absolute atomic E-state index is 0.261. The number of rotatable bonds is 4. The lowest BCUT2D eigenvalue weighted by Gasteiger charge is -2.09. The number of nitrogens with zero attached hydrogens (tertiary/aromatic N) is 2. The zero-order valence-electron chi connectivity index (χ0n) is 12.8. The molecule has 1 amide bonds. The second kappa shape index (κ2) is 6.35. The standard InChI is InChI=1S/C16H20N4O/c1-10(2)19-15-9-17-14(8-18-15)16(21)20-13-6-11(3)5-12(4)7-13/h5-10H,1-4H3,(H,18,19)(H,20,21). The van der Waals surface area contributed by atoms with E-state index >= 15 is 0 Å². The summed E-state index contributed by atoms with van der Waals surface area (Å²) in [6.45, 7) is 8.02. The van der Waals surface area contributed by atoms with Crippen LogP contribution in [0.15, 0.2) is 30.6 Å². The zero-order valence-corrected chi connectivity index (χ0v) is 12.8. The molecule has 21 heavy (non-hydrogen) atoms.